The Bertz CT molecular complexity index is 684. The van der Waals surface area contributed by atoms with Crippen molar-refractivity contribution in [2.24, 2.45) is 0 Å². The predicted octanol–water partition coefficient (Wildman–Crippen LogP) is 3.40. The molecule has 2 heterocycles. The van der Waals surface area contributed by atoms with Gasteiger partial charge in [0.2, 0.25) is 5.91 Å². The normalized spacial score (nSPS) is 17.2. The molecule has 0 N–H and O–H groups in total. The quantitative estimate of drug-likeness (QED) is 0.796. The first kappa shape index (κ1) is 13.8. The van der Waals surface area contributed by atoms with Gasteiger partial charge in [-0.3, -0.25) is 9.78 Å². The van der Waals surface area contributed by atoms with E-state index in [2.05, 4.69) is 17.6 Å². The maximum absolute atomic E-state index is 12.0. The number of carbonyl (C=O) groups excluding carboxylic acids is 1. The summed E-state index contributed by atoms with van der Waals surface area (Å²) in [6.45, 7) is 4.79. The lowest BCUT2D eigenvalue weighted by atomic mass is 9.85. The summed E-state index contributed by atoms with van der Waals surface area (Å²) in [7, 11) is 0. The number of hydrogen-bond donors (Lipinski definition) is 0. The summed E-state index contributed by atoms with van der Waals surface area (Å²) >= 11 is 6.10. The van der Waals surface area contributed by atoms with Gasteiger partial charge in [-0.25, -0.2) is 0 Å². The zero-order valence-electron chi connectivity index (χ0n) is 11.5. The number of benzene rings is 1. The third-order valence-corrected chi connectivity index (χ3v) is 4.07. The van der Waals surface area contributed by atoms with E-state index < -0.39 is 0 Å². The first-order valence-corrected chi connectivity index (χ1v) is 7.16. The largest absolute Gasteiger partial charge is 0.334 e. The van der Waals surface area contributed by atoms with E-state index in [0.717, 1.165) is 11.1 Å². The lowest BCUT2D eigenvalue weighted by Gasteiger charge is -2.34. The van der Waals surface area contributed by atoms with Crippen LogP contribution in [0.15, 0.2) is 55.4 Å². The zero-order valence-corrected chi connectivity index (χ0v) is 12.3. The highest BCUT2D eigenvalue weighted by atomic mass is 35.5. The number of nitrogens with zero attached hydrogens (tertiary/aromatic N) is 2. The second-order valence-corrected chi connectivity index (χ2v) is 5.54. The fraction of sp³-hybridized carbons (Fsp3) is 0.176. The molecule has 21 heavy (non-hydrogen) atoms. The van der Waals surface area contributed by atoms with Crippen LogP contribution < -0.4 is 0 Å². The Morgan fingerprint density at radius 1 is 1.33 bits per heavy atom. The van der Waals surface area contributed by atoms with E-state index in [1.807, 2.05) is 24.3 Å². The Balaban J connectivity index is 2.07. The summed E-state index contributed by atoms with van der Waals surface area (Å²) in [5.41, 5.74) is 3.46. The van der Waals surface area contributed by atoms with Crippen LogP contribution in [0.4, 0.5) is 0 Å². The molecular weight excluding hydrogens is 284 g/mol. The van der Waals surface area contributed by atoms with Gasteiger partial charge in [0.15, 0.2) is 0 Å². The van der Waals surface area contributed by atoms with Crippen molar-refractivity contribution in [2.75, 3.05) is 6.54 Å². The molecule has 1 atom stereocenters. The third-order valence-electron chi connectivity index (χ3n) is 3.84. The van der Waals surface area contributed by atoms with Crippen LogP contribution in [0.2, 0.25) is 5.02 Å². The van der Waals surface area contributed by atoms with Gasteiger partial charge in [0, 0.05) is 36.4 Å². The van der Waals surface area contributed by atoms with Gasteiger partial charge in [0.05, 0.1) is 0 Å². The molecule has 0 saturated heterocycles. The summed E-state index contributed by atoms with van der Waals surface area (Å²) in [5.74, 6) is 0.0811. The Kier molecular flexibility index (Phi) is 3.76. The molecule has 1 aliphatic heterocycles. The zero-order chi connectivity index (χ0) is 14.8. The summed E-state index contributed by atoms with van der Waals surface area (Å²) in [4.78, 5) is 17.9. The second-order valence-electron chi connectivity index (χ2n) is 5.10. The molecule has 1 amide bonds. The number of amides is 1. The van der Waals surface area contributed by atoms with Gasteiger partial charge in [0.25, 0.3) is 0 Å². The molecule has 0 radical (unpaired) electrons. The van der Waals surface area contributed by atoms with Crippen LogP contribution >= 0.6 is 11.6 Å². The fourth-order valence-corrected chi connectivity index (χ4v) is 3.01. The topological polar surface area (TPSA) is 33.2 Å². The minimum absolute atomic E-state index is 0.0559. The SMILES string of the molecule is C=CC(=O)N1Cc2cc(Cl)ccc2[C@H](c2ccncc2)C1. The average Bonchev–Trinajstić information content (AvgIpc) is 2.53. The van der Waals surface area contributed by atoms with Crippen LogP contribution in [0.3, 0.4) is 0 Å². The maximum atomic E-state index is 12.0. The van der Waals surface area contributed by atoms with Crippen molar-refractivity contribution in [1.82, 2.24) is 9.88 Å². The van der Waals surface area contributed by atoms with Crippen molar-refractivity contribution in [3.05, 3.63) is 77.1 Å². The summed E-state index contributed by atoms with van der Waals surface area (Å²) in [5, 5.41) is 0.690. The molecule has 3 rings (SSSR count). The number of carbonyl (C=O) groups is 1. The second kappa shape index (κ2) is 5.70. The van der Waals surface area contributed by atoms with Crippen molar-refractivity contribution in [1.29, 1.82) is 0 Å². The van der Waals surface area contributed by atoms with Gasteiger partial charge in [0.1, 0.15) is 0 Å². The van der Waals surface area contributed by atoms with E-state index in [0.29, 0.717) is 18.1 Å². The summed E-state index contributed by atoms with van der Waals surface area (Å²) in [6, 6.07) is 9.88. The molecule has 0 bridgehead atoms. The van der Waals surface area contributed by atoms with Crippen molar-refractivity contribution >= 4 is 17.5 Å². The molecule has 1 aliphatic rings. The predicted molar refractivity (Wildman–Crippen MR) is 83.1 cm³/mol. The maximum Gasteiger partial charge on any atom is 0.246 e. The third kappa shape index (κ3) is 2.69. The van der Waals surface area contributed by atoms with Gasteiger partial charge >= 0.3 is 0 Å². The molecule has 0 unspecified atom stereocenters. The van der Waals surface area contributed by atoms with Crippen molar-refractivity contribution < 1.29 is 4.79 Å². The van der Waals surface area contributed by atoms with E-state index >= 15 is 0 Å². The minimum atomic E-state index is -0.0559. The van der Waals surface area contributed by atoms with Crippen molar-refractivity contribution in [2.45, 2.75) is 12.5 Å². The van der Waals surface area contributed by atoms with Crippen LogP contribution in [-0.4, -0.2) is 22.3 Å². The Morgan fingerprint density at radius 3 is 2.81 bits per heavy atom. The van der Waals surface area contributed by atoms with Crippen LogP contribution in [0.5, 0.6) is 0 Å². The number of halogens is 1. The molecule has 4 heteroatoms. The molecular formula is C17H15ClN2O. The van der Waals surface area contributed by atoms with Crippen molar-refractivity contribution in [3.8, 4) is 0 Å². The number of pyridine rings is 1. The van der Waals surface area contributed by atoms with Crippen LogP contribution in [-0.2, 0) is 11.3 Å². The summed E-state index contributed by atoms with van der Waals surface area (Å²) in [6.07, 6.45) is 4.91. The highest BCUT2D eigenvalue weighted by Gasteiger charge is 2.28. The molecule has 0 spiro atoms. The molecule has 1 aromatic carbocycles. The smallest absolute Gasteiger partial charge is 0.246 e. The van der Waals surface area contributed by atoms with E-state index in [9.17, 15) is 4.79 Å². The fourth-order valence-electron chi connectivity index (χ4n) is 2.82. The monoisotopic (exact) mass is 298 g/mol. The van der Waals surface area contributed by atoms with Crippen molar-refractivity contribution in [3.63, 3.8) is 0 Å². The first-order valence-electron chi connectivity index (χ1n) is 6.78. The van der Waals surface area contributed by atoms with E-state index in [1.165, 1.54) is 11.6 Å². The van der Waals surface area contributed by atoms with E-state index in [4.69, 9.17) is 11.6 Å². The molecule has 1 aromatic heterocycles. The lowest BCUT2D eigenvalue weighted by molar-refractivity contribution is -0.127. The van der Waals surface area contributed by atoms with Crippen LogP contribution in [0.1, 0.15) is 22.6 Å². The molecule has 3 nitrogen and oxygen atoms in total. The highest BCUT2D eigenvalue weighted by molar-refractivity contribution is 6.30. The molecule has 0 fully saturated rings. The molecule has 106 valence electrons. The summed E-state index contributed by atoms with van der Waals surface area (Å²) < 4.78 is 0. The van der Waals surface area contributed by atoms with Crippen LogP contribution in [0, 0.1) is 0 Å². The number of aromatic nitrogens is 1. The molecule has 0 saturated carbocycles. The van der Waals surface area contributed by atoms with Gasteiger partial charge in [-0.05, 0) is 47.0 Å². The molecule has 2 aromatic rings. The standard InChI is InChI=1S/C17H15ClN2O/c1-2-17(21)20-10-13-9-14(18)3-4-15(13)16(11-20)12-5-7-19-8-6-12/h2-9,16H,1,10-11H2/t16-/m0/s1. The number of hydrogen-bond acceptors (Lipinski definition) is 2. The highest BCUT2D eigenvalue weighted by Crippen LogP contribution is 2.34. The Hall–Kier alpha value is -2.13. The van der Waals surface area contributed by atoms with Gasteiger partial charge in [-0.2, -0.15) is 0 Å². The minimum Gasteiger partial charge on any atom is -0.334 e. The van der Waals surface area contributed by atoms with Gasteiger partial charge in [-0.1, -0.05) is 24.2 Å². The first-order chi connectivity index (χ1) is 10.2. The van der Waals surface area contributed by atoms with E-state index in [-0.39, 0.29) is 11.8 Å². The molecule has 0 aliphatic carbocycles. The lowest BCUT2D eigenvalue weighted by Crippen LogP contribution is -2.37. The number of fused-ring (bicyclic) bond motifs is 1. The number of rotatable bonds is 2. The van der Waals surface area contributed by atoms with E-state index in [1.54, 1.807) is 17.3 Å². The average molecular weight is 299 g/mol. The van der Waals surface area contributed by atoms with Gasteiger partial charge in [-0.15, -0.1) is 0 Å². The van der Waals surface area contributed by atoms with Gasteiger partial charge < -0.3 is 4.90 Å². The Morgan fingerprint density at radius 2 is 2.10 bits per heavy atom. The van der Waals surface area contributed by atoms with Crippen LogP contribution in [0.25, 0.3) is 0 Å². The Labute approximate surface area is 128 Å².